The van der Waals surface area contributed by atoms with Crippen molar-refractivity contribution in [1.82, 2.24) is 0 Å². The number of rotatable bonds is 10. The summed E-state index contributed by atoms with van der Waals surface area (Å²) >= 11 is 0. The van der Waals surface area contributed by atoms with Gasteiger partial charge < -0.3 is 4.74 Å². The second-order valence-electron chi connectivity index (χ2n) is 6.48. The van der Waals surface area contributed by atoms with Gasteiger partial charge in [-0.3, -0.25) is 14.3 Å². The van der Waals surface area contributed by atoms with E-state index < -0.39 is 60.3 Å². The van der Waals surface area contributed by atoms with Crippen LogP contribution in [-0.4, -0.2) is 54.6 Å². The molecule has 0 aromatic heterocycles. The van der Waals surface area contributed by atoms with Gasteiger partial charge in [0.1, 0.15) is 5.75 Å². The average molecular weight is 568 g/mol. The molecular formula is C16H8F16O4. The fourth-order valence-corrected chi connectivity index (χ4v) is 1.92. The van der Waals surface area contributed by atoms with Gasteiger partial charge in [-0.05, 0) is 31.2 Å². The minimum absolute atomic E-state index is 0.175. The number of benzene rings is 1. The normalized spacial score (nSPS) is 16.9. The van der Waals surface area contributed by atoms with E-state index in [2.05, 4.69) is 9.47 Å². The summed E-state index contributed by atoms with van der Waals surface area (Å²) in [6, 6.07) is 2.41. The van der Waals surface area contributed by atoms with Gasteiger partial charge in [-0.25, -0.2) is 4.39 Å². The van der Waals surface area contributed by atoms with Crippen molar-refractivity contribution in [2.75, 3.05) is 0 Å². The van der Waals surface area contributed by atoms with E-state index in [9.17, 15) is 75.0 Å². The quantitative estimate of drug-likeness (QED) is 0.230. The Morgan fingerprint density at radius 1 is 0.722 bits per heavy atom. The van der Waals surface area contributed by atoms with Crippen LogP contribution in [0.2, 0.25) is 0 Å². The van der Waals surface area contributed by atoms with E-state index in [0.29, 0.717) is 12.1 Å². The number of alkyl halides is 16. The van der Waals surface area contributed by atoms with Gasteiger partial charge in [0.15, 0.2) is 5.78 Å². The van der Waals surface area contributed by atoms with E-state index in [1.54, 1.807) is 0 Å². The first-order valence-corrected chi connectivity index (χ1v) is 8.37. The van der Waals surface area contributed by atoms with Gasteiger partial charge in [0.05, 0.1) is 0 Å². The van der Waals surface area contributed by atoms with E-state index >= 15 is 0 Å². The summed E-state index contributed by atoms with van der Waals surface area (Å²) in [5.41, 5.74) is -0.175. The number of hydrogen-bond donors (Lipinski definition) is 0. The zero-order valence-electron chi connectivity index (χ0n) is 16.6. The summed E-state index contributed by atoms with van der Waals surface area (Å²) in [4.78, 5) is 11.0. The minimum Gasteiger partial charge on any atom is -0.429 e. The summed E-state index contributed by atoms with van der Waals surface area (Å²) in [6.45, 7) is 0.984. The SMILES string of the molecule is CC(=O)c1ccc(OC(F)(F)C(F)OC(F)(F)C(F)(OC(F)(F)C(F)(F)C(F)(F)F)C(F)(F)F)cc1. The maximum atomic E-state index is 13.9. The number of ether oxygens (including phenoxy) is 3. The molecule has 2 unspecified atom stereocenters. The van der Waals surface area contributed by atoms with Crippen LogP contribution < -0.4 is 4.74 Å². The molecule has 0 heterocycles. The van der Waals surface area contributed by atoms with Gasteiger partial charge in [0, 0.05) is 5.56 Å². The van der Waals surface area contributed by atoms with Crippen LogP contribution in [0.15, 0.2) is 24.3 Å². The number of carbonyl (C=O) groups excluding carboxylic acids is 1. The number of ketones is 1. The van der Waals surface area contributed by atoms with Gasteiger partial charge in [0.2, 0.25) is 0 Å². The van der Waals surface area contributed by atoms with E-state index in [0.717, 1.165) is 19.1 Å². The summed E-state index contributed by atoms with van der Waals surface area (Å²) in [5, 5.41) is 0. The average Bonchev–Trinajstić information content (AvgIpc) is 2.65. The lowest BCUT2D eigenvalue weighted by molar-refractivity contribution is -0.543. The van der Waals surface area contributed by atoms with Crippen molar-refractivity contribution in [2.24, 2.45) is 0 Å². The molecule has 0 radical (unpaired) electrons. The van der Waals surface area contributed by atoms with Crippen LogP contribution in [-0.2, 0) is 9.47 Å². The van der Waals surface area contributed by atoms with Crippen molar-refractivity contribution < 1.29 is 89.3 Å². The lowest BCUT2D eigenvalue weighted by atomic mass is 10.1. The third-order valence-electron chi connectivity index (χ3n) is 3.76. The molecule has 0 fully saturated rings. The van der Waals surface area contributed by atoms with E-state index in [1.807, 2.05) is 0 Å². The molecule has 0 aliphatic carbocycles. The highest BCUT2D eigenvalue weighted by Gasteiger charge is 2.84. The standard InChI is InChI=1S/C16H8F16O4/c1-6(33)7-2-4-8(5-3-7)34-10(18,19)9(17)35-16(31,32)12(22,14(26,27)28)36-15(29,30)11(20,21)13(23,24)25/h2-5,9H,1H3. The Labute approximate surface area is 187 Å². The zero-order chi connectivity index (χ0) is 28.8. The Morgan fingerprint density at radius 2 is 1.17 bits per heavy atom. The van der Waals surface area contributed by atoms with Crippen LogP contribution in [0.3, 0.4) is 0 Å². The lowest BCUT2D eigenvalue weighted by Gasteiger charge is -2.38. The molecule has 0 aliphatic rings. The lowest BCUT2D eigenvalue weighted by Crippen LogP contribution is -2.66. The molecule has 1 aromatic carbocycles. The van der Waals surface area contributed by atoms with Crippen LogP contribution in [0, 0.1) is 0 Å². The fraction of sp³-hybridized carbons (Fsp3) is 0.562. The maximum Gasteiger partial charge on any atom is 0.462 e. The smallest absolute Gasteiger partial charge is 0.429 e. The zero-order valence-corrected chi connectivity index (χ0v) is 16.6. The number of halogens is 16. The Kier molecular flexibility index (Phi) is 8.25. The topological polar surface area (TPSA) is 44.8 Å². The van der Waals surface area contributed by atoms with E-state index in [4.69, 9.17) is 0 Å². The van der Waals surface area contributed by atoms with Crippen LogP contribution >= 0.6 is 0 Å². The van der Waals surface area contributed by atoms with E-state index in [1.165, 1.54) is 4.74 Å². The summed E-state index contributed by atoms with van der Waals surface area (Å²) < 4.78 is 215. The third kappa shape index (κ3) is 6.06. The Hall–Kier alpha value is -2.51. The molecule has 0 bridgehead atoms. The Bertz CT molecular complexity index is 924. The molecule has 0 spiro atoms. The van der Waals surface area contributed by atoms with E-state index in [-0.39, 0.29) is 5.56 Å². The van der Waals surface area contributed by atoms with Crippen molar-refractivity contribution in [3.8, 4) is 5.75 Å². The Balaban J connectivity index is 3.30. The van der Waals surface area contributed by atoms with Gasteiger partial charge in [0.25, 0.3) is 0 Å². The van der Waals surface area contributed by atoms with Gasteiger partial charge in [-0.2, -0.15) is 65.9 Å². The second-order valence-corrected chi connectivity index (χ2v) is 6.48. The fourth-order valence-electron chi connectivity index (χ4n) is 1.92. The molecular weight excluding hydrogens is 560 g/mol. The highest BCUT2D eigenvalue weighted by Crippen LogP contribution is 2.55. The molecule has 36 heavy (non-hydrogen) atoms. The molecule has 20 heteroatoms. The van der Waals surface area contributed by atoms with Crippen LogP contribution in [0.1, 0.15) is 17.3 Å². The molecule has 2 atom stereocenters. The van der Waals surface area contributed by atoms with Crippen molar-refractivity contribution in [3.63, 3.8) is 0 Å². The summed E-state index contributed by atoms with van der Waals surface area (Å²) in [7, 11) is 0. The third-order valence-corrected chi connectivity index (χ3v) is 3.76. The summed E-state index contributed by atoms with van der Waals surface area (Å²) in [6.07, 6.45) is -41.5. The van der Waals surface area contributed by atoms with Gasteiger partial charge in [-0.1, -0.05) is 0 Å². The molecule has 0 amide bonds. The number of carbonyl (C=O) groups is 1. The molecule has 1 rings (SSSR count). The van der Waals surface area contributed by atoms with Crippen LogP contribution in [0.25, 0.3) is 0 Å². The molecule has 0 aliphatic heterocycles. The molecule has 208 valence electrons. The number of Topliss-reactive ketones (excluding diaryl/α,β-unsaturated/α-hetero) is 1. The highest BCUT2D eigenvalue weighted by molar-refractivity contribution is 5.94. The van der Waals surface area contributed by atoms with Gasteiger partial charge in [-0.15, -0.1) is 0 Å². The van der Waals surface area contributed by atoms with Gasteiger partial charge >= 0.3 is 48.8 Å². The molecule has 0 saturated carbocycles. The predicted molar refractivity (Wildman–Crippen MR) is 79.9 cm³/mol. The second kappa shape index (κ2) is 9.42. The van der Waals surface area contributed by atoms with Crippen LogP contribution in [0.5, 0.6) is 5.75 Å². The first-order valence-electron chi connectivity index (χ1n) is 8.37. The highest BCUT2D eigenvalue weighted by atomic mass is 19.4. The van der Waals surface area contributed by atoms with Crippen molar-refractivity contribution >= 4 is 5.78 Å². The predicted octanol–water partition coefficient (Wildman–Crippen LogP) is 6.80. The first kappa shape index (κ1) is 31.5. The maximum absolute atomic E-state index is 13.9. The van der Waals surface area contributed by atoms with Crippen LogP contribution in [0.4, 0.5) is 70.2 Å². The van der Waals surface area contributed by atoms with Crippen molar-refractivity contribution in [2.45, 2.75) is 55.7 Å². The first-order chi connectivity index (χ1) is 15.7. The molecule has 1 aromatic rings. The summed E-state index contributed by atoms with van der Waals surface area (Å²) in [5.74, 6) is -17.4. The Morgan fingerprint density at radius 3 is 1.53 bits per heavy atom. The monoisotopic (exact) mass is 568 g/mol. The molecule has 0 N–H and O–H groups in total. The largest absolute Gasteiger partial charge is 0.462 e. The molecule has 0 saturated heterocycles. The minimum atomic E-state index is -7.77. The van der Waals surface area contributed by atoms with Crippen molar-refractivity contribution in [1.29, 1.82) is 0 Å². The molecule has 4 nitrogen and oxygen atoms in total. The number of hydrogen-bond acceptors (Lipinski definition) is 4. The van der Waals surface area contributed by atoms with Crippen molar-refractivity contribution in [3.05, 3.63) is 29.8 Å².